The van der Waals surface area contributed by atoms with Gasteiger partial charge in [0.05, 0.1) is 12.7 Å². The molecule has 2 heterocycles. The van der Waals surface area contributed by atoms with Gasteiger partial charge in [0.25, 0.3) is 11.8 Å². The van der Waals surface area contributed by atoms with Gasteiger partial charge in [0.2, 0.25) is 0 Å². The number of rotatable bonds is 6. The Balaban J connectivity index is 1.53. The second-order valence-corrected chi connectivity index (χ2v) is 8.16. The predicted octanol–water partition coefficient (Wildman–Crippen LogP) is 3.34. The number of nitrogens with zero attached hydrogens (tertiary/aromatic N) is 1. The standard InChI is InChI=1S/C27H19NO9/c1-34-27(33)18-5-3-2-4-17(18)26-19-8-6-15(29)12-21(19)36-22-13-16(7-9-20(22)26)35-14-25(32)37-28-23(30)10-11-24(28)31/h2-9,12-13H,10-11,14H2,1H3. The highest BCUT2D eigenvalue weighted by atomic mass is 16.7. The fourth-order valence-corrected chi connectivity index (χ4v) is 4.15. The maximum absolute atomic E-state index is 12.5. The number of carbonyl (C=O) groups is 4. The van der Waals surface area contributed by atoms with Crippen molar-refractivity contribution in [1.82, 2.24) is 5.06 Å². The van der Waals surface area contributed by atoms with Gasteiger partial charge in [-0.2, -0.15) is 0 Å². The number of benzene rings is 3. The quantitative estimate of drug-likeness (QED) is 0.222. The Hall–Kier alpha value is -4.99. The van der Waals surface area contributed by atoms with Gasteiger partial charge in [-0.15, -0.1) is 5.06 Å². The Morgan fingerprint density at radius 1 is 0.919 bits per heavy atom. The van der Waals surface area contributed by atoms with Crippen molar-refractivity contribution < 1.29 is 37.9 Å². The van der Waals surface area contributed by atoms with Gasteiger partial charge in [-0.25, -0.2) is 9.59 Å². The first-order valence-electron chi connectivity index (χ1n) is 11.2. The number of fused-ring (bicyclic) bond motifs is 2. The van der Waals surface area contributed by atoms with Crippen LogP contribution in [0.4, 0.5) is 0 Å². The number of esters is 1. The molecule has 10 heteroatoms. The Kier molecular flexibility index (Phi) is 6.14. The van der Waals surface area contributed by atoms with Crippen LogP contribution in [0.25, 0.3) is 33.4 Å². The van der Waals surface area contributed by atoms with E-state index in [9.17, 15) is 24.0 Å². The molecule has 5 rings (SSSR count). The molecule has 0 spiro atoms. The van der Waals surface area contributed by atoms with Gasteiger partial charge in [-0.05, 0) is 35.9 Å². The van der Waals surface area contributed by atoms with Gasteiger partial charge < -0.3 is 18.7 Å². The summed E-state index contributed by atoms with van der Waals surface area (Å²) in [7, 11) is 1.30. The lowest BCUT2D eigenvalue weighted by atomic mass is 9.91. The number of carbonyl (C=O) groups excluding carboxylic acids is 4. The van der Waals surface area contributed by atoms with Gasteiger partial charge in [0.1, 0.15) is 17.1 Å². The van der Waals surface area contributed by atoms with Gasteiger partial charge in [-0.3, -0.25) is 14.4 Å². The van der Waals surface area contributed by atoms with E-state index < -0.39 is 30.4 Å². The second-order valence-electron chi connectivity index (χ2n) is 8.16. The zero-order chi connectivity index (χ0) is 26.1. The first-order valence-corrected chi connectivity index (χ1v) is 11.2. The predicted molar refractivity (Wildman–Crippen MR) is 129 cm³/mol. The van der Waals surface area contributed by atoms with Gasteiger partial charge >= 0.3 is 11.9 Å². The molecule has 186 valence electrons. The summed E-state index contributed by atoms with van der Waals surface area (Å²) in [5.74, 6) is -2.11. The number of hydroxylamine groups is 2. The summed E-state index contributed by atoms with van der Waals surface area (Å²) in [4.78, 5) is 64.7. The van der Waals surface area contributed by atoms with Crippen molar-refractivity contribution in [2.45, 2.75) is 12.8 Å². The number of ether oxygens (including phenoxy) is 2. The molecule has 3 aliphatic rings. The third kappa shape index (κ3) is 4.52. The maximum Gasteiger partial charge on any atom is 0.370 e. The molecule has 0 atom stereocenters. The number of methoxy groups -OCH3 is 1. The summed E-state index contributed by atoms with van der Waals surface area (Å²) in [5, 5.41) is 1.06. The monoisotopic (exact) mass is 501 g/mol. The number of hydrogen-bond donors (Lipinski definition) is 0. The van der Waals surface area contributed by atoms with Crippen LogP contribution in [0, 0.1) is 0 Å². The molecule has 1 aliphatic carbocycles. The number of amides is 2. The minimum absolute atomic E-state index is 0.0143. The lowest BCUT2D eigenvalue weighted by molar-refractivity contribution is -0.198. The van der Waals surface area contributed by atoms with E-state index in [0.717, 1.165) is 0 Å². The zero-order valence-corrected chi connectivity index (χ0v) is 19.5. The lowest BCUT2D eigenvalue weighted by Crippen LogP contribution is -2.33. The molecule has 0 saturated carbocycles. The van der Waals surface area contributed by atoms with Crippen molar-refractivity contribution in [3.05, 3.63) is 76.5 Å². The third-order valence-corrected chi connectivity index (χ3v) is 5.82. The maximum atomic E-state index is 12.5. The Bertz CT molecular complexity index is 1590. The van der Waals surface area contributed by atoms with E-state index in [4.69, 9.17) is 18.7 Å². The van der Waals surface area contributed by atoms with Gasteiger partial charge in [-0.1, -0.05) is 18.2 Å². The summed E-state index contributed by atoms with van der Waals surface area (Å²) in [6.07, 6.45) is -0.0285. The van der Waals surface area contributed by atoms with Crippen molar-refractivity contribution in [2.75, 3.05) is 13.7 Å². The van der Waals surface area contributed by atoms with Crippen LogP contribution in [0.5, 0.6) is 5.75 Å². The molecule has 2 aromatic carbocycles. The average molecular weight is 501 g/mol. The minimum atomic E-state index is -0.928. The molecule has 2 aromatic rings. The van der Waals surface area contributed by atoms with Crippen molar-refractivity contribution in [1.29, 1.82) is 0 Å². The number of imide groups is 1. The van der Waals surface area contributed by atoms with Crippen molar-refractivity contribution in [3.8, 4) is 28.2 Å². The Morgan fingerprint density at radius 2 is 1.68 bits per heavy atom. The van der Waals surface area contributed by atoms with Crippen LogP contribution in [-0.4, -0.2) is 42.5 Å². The van der Waals surface area contributed by atoms with Gasteiger partial charge in [0, 0.05) is 41.5 Å². The van der Waals surface area contributed by atoms with Crippen molar-refractivity contribution in [3.63, 3.8) is 0 Å². The summed E-state index contributed by atoms with van der Waals surface area (Å²) in [6, 6.07) is 16.1. The van der Waals surface area contributed by atoms with E-state index >= 15 is 0 Å². The van der Waals surface area contributed by atoms with E-state index in [1.165, 1.54) is 25.3 Å². The lowest BCUT2D eigenvalue weighted by Gasteiger charge is -2.17. The summed E-state index contributed by atoms with van der Waals surface area (Å²) >= 11 is 0. The van der Waals surface area contributed by atoms with E-state index in [0.29, 0.717) is 38.3 Å². The second kappa shape index (κ2) is 9.57. The highest BCUT2D eigenvalue weighted by Crippen LogP contribution is 2.42. The fourth-order valence-electron chi connectivity index (χ4n) is 4.15. The molecule has 1 fully saturated rings. The first kappa shape index (κ1) is 23.7. The molecule has 2 aliphatic heterocycles. The normalized spacial score (nSPS) is 13.3. The third-order valence-electron chi connectivity index (χ3n) is 5.82. The highest BCUT2D eigenvalue weighted by molar-refractivity contribution is 6.08. The van der Waals surface area contributed by atoms with Crippen LogP contribution < -0.4 is 10.2 Å². The van der Waals surface area contributed by atoms with E-state index in [1.54, 1.807) is 42.5 Å². The minimum Gasteiger partial charge on any atom is -0.482 e. The SMILES string of the molecule is COC(=O)c1ccccc1-c1c2ccc(=O)cc-2oc2cc(OCC(=O)ON3C(=O)CCC3=O)ccc12. The Morgan fingerprint density at radius 3 is 2.43 bits per heavy atom. The number of hydrogen-bond acceptors (Lipinski definition) is 9. The van der Waals surface area contributed by atoms with Crippen LogP contribution in [0.3, 0.4) is 0 Å². The highest BCUT2D eigenvalue weighted by Gasteiger charge is 2.33. The Labute approximate surface area is 209 Å². The molecule has 0 radical (unpaired) electrons. The van der Waals surface area contributed by atoms with Crippen LogP contribution in [0.2, 0.25) is 0 Å². The first-order chi connectivity index (χ1) is 17.9. The molecule has 10 nitrogen and oxygen atoms in total. The van der Waals surface area contributed by atoms with Crippen LogP contribution >= 0.6 is 0 Å². The molecule has 0 bridgehead atoms. The molecule has 0 N–H and O–H groups in total. The largest absolute Gasteiger partial charge is 0.482 e. The van der Waals surface area contributed by atoms with E-state index in [2.05, 4.69) is 0 Å². The van der Waals surface area contributed by atoms with E-state index in [1.807, 2.05) is 0 Å². The van der Waals surface area contributed by atoms with Crippen LogP contribution in [0.15, 0.2) is 69.9 Å². The smallest absolute Gasteiger partial charge is 0.370 e. The van der Waals surface area contributed by atoms with Crippen molar-refractivity contribution >= 4 is 34.7 Å². The van der Waals surface area contributed by atoms with Crippen LogP contribution in [-0.2, 0) is 24.0 Å². The van der Waals surface area contributed by atoms with Crippen molar-refractivity contribution in [2.24, 2.45) is 0 Å². The van der Waals surface area contributed by atoms with E-state index in [-0.39, 0.29) is 29.8 Å². The molecule has 0 unspecified atom stereocenters. The summed E-state index contributed by atoms with van der Waals surface area (Å²) in [5.41, 5.74) is 2.23. The molecule has 2 amide bonds. The molecular formula is C27H19NO9. The zero-order valence-electron chi connectivity index (χ0n) is 19.5. The average Bonchev–Trinajstić information content (AvgIpc) is 3.22. The molecule has 1 saturated heterocycles. The molecule has 37 heavy (non-hydrogen) atoms. The molecule has 0 aromatic heterocycles. The van der Waals surface area contributed by atoms with Crippen LogP contribution in [0.1, 0.15) is 23.2 Å². The molecular weight excluding hydrogens is 482 g/mol. The summed E-state index contributed by atoms with van der Waals surface area (Å²) in [6.45, 7) is -0.571. The summed E-state index contributed by atoms with van der Waals surface area (Å²) < 4.78 is 16.4. The van der Waals surface area contributed by atoms with Gasteiger partial charge in [0.15, 0.2) is 12.0 Å². The topological polar surface area (TPSA) is 129 Å². The fraction of sp³-hybridized carbons (Fsp3) is 0.148.